The topological polar surface area (TPSA) is 50.4 Å². The molecule has 0 unspecified atom stereocenters. The lowest BCUT2D eigenvalue weighted by Crippen LogP contribution is -2.48. The molecule has 0 atom stereocenters. The minimum absolute atomic E-state index is 0.0738. The number of carbonyl (C=O) groups is 1. The van der Waals surface area contributed by atoms with E-state index in [1.807, 2.05) is 12.1 Å². The molecule has 4 nitrogen and oxygen atoms in total. The quantitative estimate of drug-likeness (QED) is 0.714. The third kappa shape index (κ3) is 4.61. The lowest BCUT2D eigenvalue weighted by molar-refractivity contribution is 0.126. The van der Waals surface area contributed by atoms with E-state index < -0.39 is 0 Å². The number of nitrogens with one attached hydrogen (secondary N) is 2. The van der Waals surface area contributed by atoms with Gasteiger partial charge in [0.2, 0.25) is 0 Å². The lowest BCUT2D eigenvalue weighted by atomic mass is 9.64. The third-order valence-corrected chi connectivity index (χ3v) is 5.19. The van der Waals surface area contributed by atoms with E-state index in [1.54, 1.807) is 0 Å². The van der Waals surface area contributed by atoms with Crippen LogP contribution in [0.4, 0.5) is 4.79 Å². The van der Waals surface area contributed by atoms with Gasteiger partial charge < -0.3 is 15.4 Å². The average Bonchev–Trinajstić information content (AvgIpc) is 3.32. The molecule has 0 saturated heterocycles. The highest BCUT2D eigenvalue weighted by Gasteiger charge is 2.38. The van der Waals surface area contributed by atoms with Crippen LogP contribution in [0, 0.1) is 5.92 Å². The summed E-state index contributed by atoms with van der Waals surface area (Å²) >= 11 is 5.97. The van der Waals surface area contributed by atoms with Crippen LogP contribution < -0.4 is 10.6 Å². The number of halogens is 1. The first-order valence-corrected chi connectivity index (χ1v) is 8.91. The Labute approximate surface area is 142 Å². The summed E-state index contributed by atoms with van der Waals surface area (Å²) in [7, 11) is 0. The highest BCUT2D eigenvalue weighted by Crippen LogP contribution is 2.43. The van der Waals surface area contributed by atoms with Crippen molar-refractivity contribution in [1.29, 1.82) is 0 Å². The maximum atomic E-state index is 11.9. The summed E-state index contributed by atoms with van der Waals surface area (Å²) in [6.07, 6.45) is 6.02. The molecule has 23 heavy (non-hydrogen) atoms. The molecule has 2 N–H and O–H groups in total. The van der Waals surface area contributed by atoms with Crippen LogP contribution >= 0.6 is 11.6 Å². The number of hydrogen-bond donors (Lipinski definition) is 2. The molecule has 0 spiro atoms. The fourth-order valence-corrected chi connectivity index (χ4v) is 3.18. The molecule has 0 aliphatic heterocycles. The normalized spacial score (nSPS) is 19.0. The second kappa shape index (κ2) is 7.54. The molecule has 3 rings (SSSR count). The van der Waals surface area contributed by atoms with Gasteiger partial charge in [-0.15, -0.1) is 0 Å². The molecular weight excluding hydrogens is 312 g/mol. The van der Waals surface area contributed by atoms with E-state index in [4.69, 9.17) is 16.3 Å². The Morgan fingerprint density at radius 1 is 1.22 bits per heavy atom. The van der Waals surface area contributed by atoms with Crippen LogP contribution in [-0.4, -0.2) is 32.3 Å². The van der Waals surface area contributed by atoms with Crippen molar-refractivity contribution < 1.29 is 9.53 Å². The molecule has 1 aromatic carbocycles. The Balaban J connectivity index is 1.38. The SMILES string of the molecule is O=C(NCCOCC1CC1)NCC1(c2ccc(Cl)cc2)CCC1. The van der Waals surface area contributed by atoms with E-state index in [2.05, 4.69) is 22.8 Å². The van der Waals surface area contributed by atoms with Crippen LogP contribution in [0.25, 0.3) is 0 Å². The molecule has 0 bridgehead atoms. The summed E-state index contributed by atoms with van der Waals surface area (Å²) in [5.41, 5.74) is 1.34. The molecule has 2 saturated carbocycles. The Kier molecular flexibility index (Phi) is 5.44. The zero-order valence-corrected chi connectivity index (χ0v) is 14.2. The number of carbonyl (C=O) groups excluding carboxylic acids is 1. The van der Waals surface area contributed by atoms with Gasteiger partial charge in [-0.05, 0) is 49.3 Å². The van der Waals surface area contributed by atoms with Crippen molar-refractivity contribution in [3.05, 3.63) is 34.9 Å². The number of amides is 2. The number of hydrogen-bond acceptors (Lipinski definition) is 2. The largest absolute Gasteiger partial charge is 0.379 e. The van der Waals surface area contributed by atoms with Crippen molar-refractivity contribution in [2.45, 2.75) is 37.5 Å². The molecule has 126 valence electrons. The summed E-state index contributed by atoms with van der Waals surface area (Å²) in [5, 5.41) is 6.62. The minimum Gasteiger partial charge on any atom is -0.379 e. The van der Waals surface area contributed by atoms with Gasteiger partial charge in [0.15, 0.2) is 0 Å². The third-order valence-electron chi connectivity index (χ3n) is 4.94. The van der Waals surface area contributed by atoms with Crippen LogP contribution in [0.15, 0.2) is 24.3 Å². The van der Waals surface area contributed by atoms with Crippen LogP contribution in [0.1, 0.15) is 37.7 Å². The first-order valence-electron chi connectivity index (χ1n) is 8.53. The second-order valence-electron chi connectivity index (χ2n) is 6.77. The Morgan fingerprint density at radius 3 is 2.57 bits per heavy atom. The highest BCUT2D eigenvalue weighted by molar-refractivity contribution is 6.30. The van der Waals surface area contributed by atoms with Gasteiger partial charge in [-0.3, -0.25) is 0 Å². The Hall–Kier alpha value is -1.26. The van der Waals surface area contributed by atoms with Crippen molar-refractivity contribution in [1.82, 2.24) is 10.6 Å². The summed E-state index contributed by atoms with van der Waals surface area (Å²) in [6, 6.07) is 7.89. The maximum absolute atomic E-state index is 11.9. The first kappa shape index (κ1) is 16.6. The summed E-state index contributed by atoms with van der Waals surface area (Å²) in [6.45, 7) is 2.66. The van der Waals surface area contributed by atoms with E-state index in [9.17, 15) is 4.79 Å². The smallest absolute Gasteiger partial charge is 0.314 e. The van der Waals surface area contributed by atoms with Gasteiger partial charge in [0, 0.05) is 30.1 Å². The van der Waals surface area contributed by atoms with Gasteiger partial charge in [0.25, 0.3) is 0 Å². The minimum atomic E-state index is -0.111. The highest BCUT2D eigenvalue weighted by atomic mass is 35.5. The van der Waals surface area contributed by atoms with E-state index in [-0.39, 0.29) is 11.4 Å². The zero-order chi connectivity index (χ0) is 16.1. The van der Waals surface area contributed by atoms with Gasteiger partial charge in [-0.25, -0.2) is 4.79 Å². The summed E-state index contributed by atoms with van der Waals surface area (Å²) in [4.78, 5) is 11.9. The zero-order valence-electron chi connectivity index (χ0n) is 13.4. The summed E-state index contributed by atoms with van der Waals surface area (Å²) in [5.74, 6) is 0.765. The van der Waals surface area contributed by atoms with Gasteiger partial charge in [0.1, 0.15) is 0 Å². The number of ether oxygens (including phenoxy) is 1. The Morgan fingerprint density at radius 2 is 1.96 bits per heavy atom. The van der Waals surface area contributed by atoms with Crippen LogP contribution in [0.3, 0.4) is 0 Å². The van der Waals surface area contributed by atoms with Gasteiger partial charge in [-0.2, -0.15) is 0 Å². The number of benzene rings is 1. The van der Waals surface area contributed by atoms with Gasteiger partial charge in [-0.1, -0.05) is 30.2 Å². The molecule has 2 amide bonds. The molecule has 5 heteroatoms. The molecular formula is C18H25ClN2O2. The van der Waals surface area contributed by atoms with E-state index in [1.165, 1.54) is 24.8 Å². The van der Waals surface area contributed by atoms with Crippen molar-refractivity contribution in [2.75, 3.05) is 26.3 Å². The van der Waals surface area contributed by atoms with E-state index in [0.717, 1.165) is 30.4 Å². The molecule has 1 aromatic rings. The van der Waals surface area contributed by atoms with Crippen molar-refractivity contribution in [2.24, 2.45) is 5.92 Å². The van der Waals surface area contributed by atoms with Gasteiger partial charge >= 0.3 is 6.03 Å². The van der Waals surface area contributed by atoms with Crippen molar-refractivity contribution in [3.63, 3.8) is 0 Å². The maximum Gasteiger partial charge on any atom is 0.314 e. The summed E-state index contributed by atoms with van der Waals surface area (Å²) < 4.78 is 5.51. The fraction of sp³-hybridized carbons (Fsp3) is 0.611. The van der Waals surface area contributed by atoms with Crippen LogP contribution in [-0.2, 0) is 10.2 Å². The monoisotopic (exact) mass is 336 g/mol. The standard InChI is InChI=1S/C18H25ClN2O2/c19-16-6-4-15(5-7-16)18(8-1-9-18)13-21-17(22)20-10-11-23-12-14-2-3-14/h4-7,14H,1-3,8-13H2,(H2,20,21,22). The van der Waals surface area contributed by atoms with Gasteiger partial charge in [0.05, 0.1) is 6.61 Å². The molecule has 0 radical (unpaired) electrons. The fourth-order valence-electron chi connectivity index (χ4n) is 3.06. The average molecular weight is 337 g/mol. The molecule has 2 aliphatic carbocycles. The number of rotatable bonds is 8. The lowest BCUT2D eigenvalue weighted by Gasteiger charge is -2.42. The first-order chi connectivity index (χ1) is 11.2. The van der Waals surface area contributed by atoms with Crippen LogP contribution in [0.5, 0.6) is 0 Å². The Bertz CT molecular complexity index is 524. The molecule has 0 heterocycles. The second-order valence-corrected chi connectivity index (χ2v) is 7.20. The van der Waals surface area contributed by atoms with E-state index >= 15 is 0 Å². The molecule has 2 aliphatic rings. The molecule has 0 aromatic heterocycles. The van der Waals surface area contributed by atoms with Crippen molar-refractivity contribution >= 4 is 17.6 Å². The predicted octanol–water partition coefficient (Wildman–Crippen LogP) is 3.49. The molecule has 2 fully saturated rings. The van der Waals surface area contributed by atoms with Crippen molar-refractivity contribution in [3.8, 4) is 0 Å². The number of urea groups is 1. The predicted molar refractivity (Wildman–Crippen MR) is 91.9 cm³/mol. The van der Waals surface area contributed by atoms with E-state index in [0.29, 0.717) is 19.7 Å². The van der Waals surface area contributed by atoms with Crippen LogP contribution in [0.2, 0.25) is 5.02 Å².